The molecule has 2 aliphatic carbocycles. The maximum Gasteiger partial charge on any atom is 0.147 e. The van der Waals surface area contributed by atoms with Crippen molar-refractivity contribution in [3.8, 4) is 0 Å². The van der Waals surface area contributed by atoms with Crippen molar-refractivity contribution in [1.29, 1.82) is 0 Å². The minimum absolute atomic E-state index is 0.0407. The molecule has 3 aliphatic heterocycles. The first-order chi connectivity index (χ1) is 12.2. The Labute approximate surface area is 151 Å². The Morgan fingerprint density at radius 2 is 1.92 bits per heavy atom. The standard InChI is InChI=1S/C20H33NO4/c1-11-13-3-4-17-20(25-10-24-17)15(13)9-21-6-5-12-7-18(23-2)16(22)8-14(12)19(11)21/h11-20,22H,3-10H2,1-2H3. The van der Waals surface area contributed by atoms with Gasteiger partial charge in [-0.1, -0.05) is 6.92 Å². The van der Waals surface area contributed by atoms with E-state index in [9.17, 15) is 5.11 Å². The molecule has 0 amide bonds. The van der Waals surface area contributed by atoms with Gasteiger partial charge in [-0.25, -0.2) is 0 Å². The maximum atomic E-state index is 10.6. The number of piperidine rings is 2. The summed E-state index contributed by atoms with van der Waals surface area (Å²) in [5, 5.41) is 10.6. The minimum atomic E-state index is -0.293. The number of nitrogens with zero attached hydrogens (tertiary/aromatic N) is 1. The van der Waals surface area contributed by atoms with Gasteiger partial charge >= 0.3 is 0 Å². The molecule has 0 bridgehead atoms. The summed E-state index contributed by atoms with van der Waals surface area (Å²) in [6.45, 7) is 5.33. The normalized spacial score (nSPS) is 55.8. The molecule has 5 heteroatoms. The molecule has 10 unspecified atom stereocenters. The largest absolute Gasteiger partial charge is 0.390 e. The van der Waals surface area contributed by atoms with Crippen LogP contribution in [0.2, 0.25) is 0 Å². The first kappa shape index (κ1) is 16.9. The predicted molar refractivity (Wildman–Crippen MR) is 93.0 cm³/mol. The van der Waals surface area contributed by atoms with E-state index in [0.717, 1.165) is 37.6 Å². The van der Waals surface area contributed by atoms with E-state index in [4.69, 9.17) is 14.2 Å². The highest BCUT2D eigenvalue weighted by Crippen LogP contribution is 2.52. The van der Waals surface area contributed by atoms with Crippen molar-refractivity contribution < 1.29 is 19.3 Å². The third-order valence-corrected chi connectivity index (χ3v) is 8.36. The summed E-state index contributed by atoms with van der Waals surface area (Å²) in [6.07, 6.45) is 6.04. The van der Waals surface area contributed by atoms with E-state index < -0.39 is 0 Å². The maximum absolute atomic E-state index is 10.6. The third kappa shape index (κ3) is 2.61. The average Bonchev–Trinajstić information content (AvgIpc) is 3.10. The quantitative estimate of drug-likeness (QED) is 0.782. The first-order valence-electron chi connectivity index (χ1n) is 10.4. The molecule has 0 aromatic heterocycles. The van der Waals surface area contributed by atoms with E-state index in [0.29, 0.717) is 42.8 Å². The number of aliphatic hydroxyl groups is 1. The van der Waals surface area contributed by atoms with Crippen molar-refractivity contribution in [1.82, 2.24) is 4.90 Å². The van der Waals surface area contributed by atoms with Crippen LogP contribution in [0.1, 0.15) is 39.0 Å². The lowest BCUT2D eigenvalue weighted by Gasteiger charge is -2.59. The van der Waals surface area contributed by atoms with Crippen LogP contribution in [0.3, 0.4) is 0 Å². The highest BCUT2D eigenvalue weighted by atomic mass is 16.7. The Hall–Kier alpha value is -0.200. The Bertz CT molecular complexity index is 502. The molecule has 5 fully saturated rings. The molecule has 0 aromatic carbocycles. The fraction of sp³-hybridized carbons (Fsp3) is 1.00. The van der Waals surface area contributed by atoms with Gasteiger partial charge in [-0.2, -0.15) is 0 Å². The molecule has 3 heterocycles. The van der Waals surface area contributed by atoms with Gasteiger partial charge in [0, 0.05) is 25.6 Å². The van der Waals surface area contributed by atoms with Gasteiger partial charge in [0.1, 0.15) is 6.79 Å². The van der Waals surface area contributed by atoms with Crippen molar-refractivity contribution >= 4 is 0 Å². The van der Waals surface area contributed by atoms with Crippen LogP contribution in [0.15, 0.2) is 0 Å². The van der Waals surface area contributed by atoms with Crippen molar-refractivity contribution in [2.75, 3.05) is 27.0 Å². The summed E-state index contributed by atoms with van der Waals surface area (Å²) in [5.74, 6) is 3.41. The van der Waals surface area contributed by atoms with E-state index >= 15 is 0 Å². The lowest BCUT2D eigenvalue weighted by atomic mass is 9.58. The molecule has 5 nitrogen and oxygen atoms in total. The van der Waals surface area contributed by atoms with Crippen molar-refractivity contribution in [2.24, 2.45) is 29.6 Å². The zero-order chi connectivity index (χ0) is 17.1. The number of methoxy groups -OCH3 is 1. The molecule has 1 N–H and O–H groups in total. The molecule has 5 rings (SSSR count). The monoisotopic (exact) mass is 351 g/mol. The Balaban J connectivity index is 1.38. The molecule has 0 spiro atoms. The zero-order valence-electron chi connectivity index (χ0n) is 15.5. The van der Waals surface area contributed by atoms with Crippen molar-refractivity contribution in [3.05, 3.63) is 0 Å². The van der Waals surface area contributed by atoms with Gasteiger partial charge in [0.05, 0.1) is 24.4 Å². The molecule has 25 heavy (non-hydrogen) atoms. The Kier molecular flexibility index (Phi) is 4.37. The molecule has 3 saturated heterocycles. The second-order valence-corrected chi connectivity index (χ2v) is 9.23. The van der Waals surface area contributed by atoms with Crippen LogP contribution in [0, 0.1) is 29.6 Å². The second-order valence-electron chi connectivity index (χ2n) is 9.23. The zero-order valence-corrected chi connectivity index (χ0v) is 15.5. The molecule has 0 aromatic rings. The van der Waals surface area contributed by atoms with E-state index in [1.54, 1.807) is 7.11 Å². The van der Waals surface area contributed by atoms with Crippen LogP contribution in [0.25, 0.3) is 0 Å². The van der Waals surface area contributed by atoms with Gasteiger partial charge in [-0.15, -0.1) is 0 Å². The first-order valence-corrected chi connectivity index (χ1v) is 10.4. The smallest absolute Gasteiger partial charge is 0.147 e. The second kappa shape index (κ2) is 6.45. The Morgan fingerprint density at radius 1 is 1.04 bits per heavy atom. The number of ether oxygens (including phenoxy) is 3. The van der Waals surface area contributed by atoms with Crippen LogP contribution < -0.4 is 0 Å². The van der Waals surface area contributed by atoms with Gasteiger partial charge in [-0.05, 0) is 62.3 Å². The number of fused-ring (bicyclic) bond motifs is 6. The summed E-state index contributed by atoms with van der Waals surface area (Å²) in [5.41, 5.74) is 0. The van der Waals surface area contributed by atoms with E-state index in [-0.39, 0.29) is 12.2 Å². The van der Waals surface area contributed by atoms with Gasteiger partial charge in [0.15, 0.2) is 0 Å². The van der Waals surface area contributed by atoms with Crippen molar-refractivity contribution in [3.63, 3.8) is 0 Å². The van der Waals surface area contributed by atoms with Crippen LogP contribution in [-0.2, 0) is 14.2 Å². The number of aliphatic hydroxyl groups excluding tert-OH is 1. The summed E-state index contributed by atoms with van der Waals surface area (Å²) in [6, 6.07) is 0.631. The highest BCUT2D eigenvalue weighted by molar-refractivity contribution is 5.06. The Morgan fingerprint density at radius 3 is 2.76 bits per heavy atom. The molecule has 142 valence electrons. The molecule has 10 atom stereocenters. The number of rotatable bonds is 1. The van der Waals surface area contributed by atoms with Crippen LogP contribution in [0.4, 0.5) is 0 Å². The lowest BCUT2D eigenvalue weighted by Crippen LogP contribution is -2.64. The summed E-state index contributed by atoms with van der Waals surface area (Å²) in [7, 11) is 1.75. The van der Waals surface area contributed by atoms with E-state index in [1.807, 2.05) is 0 Å². The van der Waals surface area contributed by atoms with E-state index in [2.05, 4.69) is 11.8 Å². The minimum Gasteiger partial charge on any atom is -0.390 e. The SMILES string of the molecule is COC1CC2CCN3CC4C(CCC5OCOC54)C(C)C3C2CC1O. The average molecular weight is 351 g/mol. The molecule has 0 radical (unpaired) electrons. The highest BCUT2D eigenvalue weighted by Gasteiger charge is 2.55. The van der Waals surface area contributed by atoms with Gasteiger partial charge < -0.3 is 19.3 Å². The molecular weight excluding hydrogens is 318 g/mol. The van der Waals surface area contributed by atoms with E-state index in [1.165, 1.54) is 19.4 Å². The third-order valence-electron chi connectivity index (χ3n) is 8.36. The van der Waals surface area contributed by atoms with Crippen LogP contribution >= 0.6 is 0 Å². The number of hydrogen-bond donors (Lipinski definition) is 1. The summed E-state index contributed by atoms with van der Waals surface area (Å²) >= 11 is 0. The molecule has 2 saturated carbocycles. The summed E-state index contributed by atoms with van der Waals surface area (Å²) in [4.78, 5) is 2.75. The molecular formula is C20H33NO4. The predicted octanol–water partition coefficient (Wildman–Crippen LogP) is 1.88. The van der Waals surface area contributed by atoms with Gasteiger partial charge in [-0.3, -0.25) is 4.90 Å². The topological polar surface area (TPSA) is 51.2 Å². The number of hydrogen-bond acceptors (Lipinski definition) is 5. The van der Waals surface area contributed by atoms with Crippen LogP contribution in [0.5, 0.6) is 0 Å². The summed E-state index contributed by atoms with van der Waals surface area (Å²) < 4.78 is 17.4. The van der Waals surface area contributed by atoms with Gasteiger partial charge in [0.25, 0.3) is 0 Å². The van der Waals surface area contributed by atoms with Crippen LogP contribution in [-0.4, -0.2) is 67.5 Å². The molecule has 5 aliphatic rings. The van der Waals surface area contributed by atoms with Gasteiger partial charge in [0.2, 0.25) is 0 Å². The fourth-order valence-corrected chi connectivity index (χ4v) is 7.23. The lowest BCUT2D eigenvalue weighted by molar-refractivity contribution is -0.147. The fourth-order valence-electron chi connectivity index (χ4n) is 7.23. The van der Waals surface area contributed by atoms with Crippen molar-refractivity contribution in [2.45, 2.75) is 69.5 Å².